The normalized spacial score (nSPS) is 17.8. The number of hydrogen-bond donors (Lipinski definition) is 0. The highest BCUT2D eigenvalue weighted by atomic mass is 16.6. The first-order chi connectivity index (χ1) is 13.1. The van der Waals surface area contributed by atoms with Gasteiger partial charge in [-0.15, -0.1) is 0 Å². The largest absolute Gasteiger partial charge is 0.467 e. The third-order valence-electron chi connectivity index (χ3n) is 4.73. The molecule has 154 valence electrons. The third kappa shape index (κ3) is 5.47. The Hall–Kier alpha value is -2.57. The number of likely N-dealkylation sites (N-methyl/N-ethyl adjacent to an activating group) is 1. The van der Waals surface area contributed by atoms with Crippen LogP contribution in [0.25, 0.3) is 0 Å². The molecule has 0 N–H and O–H groups in total. The molecule has 2 amide bonds. The molecule has 1 aliphatic heterocycles. The quantitative estimate of drug-likeness (QED) is 0.723. The van der Waals surface area contributed by atoms with Crippen molar-refractivity contribution < 1.29 is 23.9 Å². The molecule has 1 aliphatic rings. The van der Waals surface area contributed by atoms with Crippen molar-refractivity contribution in [2.24, 2.45) is 0 Å². The minimum atomic E-state index is -0.763. The van der Waals surface area contributed by atoms with Crippen LogP contribution in [0.4, 0.5) is 4.79 Å². The second-order valence-corrected chi connectivity index (χ2v) is 8.01. The minimum Gasteiger partial charge on any atom is -0.467 e. The summed E-state index contributed by atoms with van der Waals surface area (Å²) in [5, 5.41) is 0. The van der Waals surface area contributed by atoms with Crippen molar-refractivity contribution in [2.45, 2.75) is 57.7 Å². The van der Waals surface area contributed by atoms with Crippen molar-refractivity contribution >= 4 is 18.0 Å². The van der Waals surface area contributed by atoms with Crippen LogP contribution in [0.5, 0.6) is 0 Å². The highest BCUT2D eigenvalue weighted by molar-refractivity contribution is 5.90. The Bertz CT molecular complexity index is 698. The third-order valence-corrected chi connectivity index (χ3v) is 4.73. The number of ether oxygens (including phenoxy) is 2. The monoisotopic (exact) mass is 390 g/mol. The van der Waals surface area contributed by atoms with Crippen LogP contribution >= 0.6 is 0 Å². The molecule has 0 radical (unpaired) electrons. The fourth-order valence-corrected chi connectivity index (χ4v) is 3.30. The van der Waals surface area contributed by atoms with Gasteiger partial charge in [-0.25, -0.2) is 9.59 Å². The molecule has 7 heteroatoms. The number of esters is 1. The van der Waals surface area contributed by atoms with Gasteiger partial charge < -0.3 is 14.4 Å². The van der Waals surface area contributed by atoms with E-state index in [1.54, 1.807) is 27.8 Å². The van der Waals surface area contributed by atoms with Gasteiger partial charge in [0.05, 0.1) is 7.11 Å². The van der Waals surface area contributed by atoms with E-state index in [1.807, 2.05) is 30.3 Å². The lowest BCUT2D eigenvalue weighted by atomic mass is 10.0. The summed E-state index contributed by atoms with van der Waals surface area (Å²) in [7, 11) is 2.89. The topological polar surface area (TPSA) is 76.2 Å². The molecule has 0 bridgehead atoms. The van der Waals surface area contributed by atoms with Crippen molar-refractivity contribution in [1.82, 2.24) is 9.80 Å². The highest BCUT2D eigenvalue weighted by Gasteiger charge is 2.40. The van der Waals surface area contributed by atoms with Gasteiger partial charge in [0.2, 0.25) is 5.91 Å². The summed E-state index contributed by atoms with van der Waals surface area (Å²) in [6, 6.07) is 8.05. The summed E-state index contributed by atoms with van der Waals surface area (Å²) in [6.07, 6.45) is 1.09. The number of amides is 2. The van der Waals surface area contributed by atoms with Crippen molar-refractivity contribution in [2.75, 3.05) is 20.7 Å². The van der Waals surface area contributed by atoms with Gasteiger partial charge in [0.1, 0.15) is 17.7 Å². The molecule has 2 atom stereocenters. The van der Waals surface area contributed by atoms with Crippen molar-refractivity contribution in [3.63, 3.8) is 0 Å². The number of benzene rings is 1. The fourth-order valence-electron chi connectivity index (χ4n) is 3.30. The van der Waals surface area contributed by atoms with Gasteiger partial charge in [-0.1, -0.05) is 30.3 Å². The summed E-state index contributed by atoms with van der Waals surface area (Å²) >= 11 is 0. The second kappa shape index (κ2) is 9.08. The number of carbonyl (C=O) groups is 3. The molecular weight excluding hydrogens is 360 g/mol. The molecule has 1 heterocycles. The molecule has 0 unspecified atom stereocenters. The van der Waals surface area contributed by atoms with Crippen molar-refractivity contribution in [3.8, 4) is 0 Å². The molecule has 28 heavy (non-hydrogen) atoms. The number of likely N-dealkylation sites (tertiary alicyclic amines) is 1. The van der Waals surface area contributed by atoms with Crippen LogP contribution in [-0.2, 0) is 25.5 Å². The molecule has 2 rings (SSSR count). The number of rotatable bonds is 5. The Labute approximate surface area is 166 Å². The molecular formula is C21H30N2O5. The molecule has 1 aromatic rings. The van der Waals surface area contributed by atoms with E-state index >= 15 is 0 Å². The lowest BCUT2D eigenvalue weighted by Gasteiger charge is -2.33. The van der Waals surface area contributed by atoms with Crippen LogP contribution in [0.3, 0.4) is 0 Å². The molecule has 7 nitrogen and oxygen atoms in total. The fraction of sp³-hybridized carbons (Fsp3) is 0.571. The molecule has 1 fully saturated rings. The van der Waals surface area contributed by atoms with Gasteiger partial charge in [0, 0.05) is 20.0 Å². The van der Waals surface area contributed by atoms with E-state index in [1.165, 1.54) is 16.9 Å². The Morgan fingerprint density at radius 2 is 1.86 bits per heavy atom. The minimum absolute atomic E-state index is 0.283. The molecule has 0 spiro atoms. The van der Waals surface area contributed by atoms with E-state index < -0.39 is 29.7 Å². The summed E-state index contributed by atoms with van der Waals surface area (Å²) in [6.45, 7) is 5.83. The predicted molar refractivity (Wildman–Crippen MR) is 105 cm³/mol. The van der Waals surface area contributed by atoms with Crippen LogP contribution in [0.15, 0.2) is 30.3 Å². The molecule has 0 aromatic heterocycles. The van der Waals surface area contributed by atoms with Crippen LogP contribution in [0.2, 0.25) is 0 Å². The van der Waals surface area contributed by atoms with E-state index in [4.69, 9.17) is 9.47 Å². The summed E-state index contributed by atoms with van der Waals surface area (Å²) < 4.78 is 10.4. The van der Waals surface area contributed by atoms with Crippen LogP contribution < -0.4 is 0 Å². The molecule has 1 aromatic carbocycles. The zero-order valence-corrected chi connectivity index (χ0v) is 17.3. The summed E-state index contributed by atoms with van der Waals surface area (Å²) in [5.74, 6) is -0.767. The lowest BCUT2D eigenvalue weighted by Crippen LogP contribution is -2.53. The van der Waals surface area contributed by atoms with Crippen molar-refractivity contribution in [3.05, 3.63) is 35.9 Å². The second-order valence-electron chi connectivity index (χ2n) is 8.01. The molecule has 0 saturated carbocycles. The van der Waals surface area contributed by atoms with Gasteiger partial charge in [-0.3, -0.25) is 9.69 Å². The first kappa shape index (κ1) is 21.7. The number of nitrogens with zero attached hydrogens (tertiary/aromatic N) is 2. The van der Waals surface area contributed by atoms with Gasteiger partial charge in [0.15, 0.2) is 0 Å². The van der Waals surface area contributed by atoms with Gasteiger partial charge in [-0.05, 0) is 39.2 Å². The summed E-state index contributed by atoms with van der Waals surface area (Å²) in [5.41, 5.74) is 0.286. The van der Waals surface area contributed by atoms with Gasteiger partial charge in [0.25, 0.3) is 0 Å². The van der Waals surface area contributed by atoms with E-state index in [-0.39, 0.29) is 5.91 Å². The zero-order valence-electron chi connectivity index (χ0n) is 17.3. The molecule has 1 saturated heterocycles. The first-order valence-electron chi connectivity index (χ1n) is 9.52. The highest BCUT2D eigenvalue weighted by Crippen LogP contribution is 2.23. The maximum absolute atomic E-state index is 13.1. The zero-order chi connectivity index (χ0) is 20.9. The predicted octanol–water partition coefficient (Wildman–Crippen LogP) is 2.63. The van der Waals surface area contributed by atoms with Gasteiger partial charge in [-0.2, -0.15) is 0 Å². The molecule has 0 aliphatic carbocycles. The maximum Gasteiger partial charge on any atom is 0.410 e. The van der Waals surface area contributed by atoms with E-state index in [9.17, 15) is 14.4 Å². The van der Waals surface area contributed by atoms with E-state index in [0.717, 1.165) is 5.56 Å². The van der Waals surface area contributed by atoms with E-state index in [2.05, 4.69) is 0 Å². The van der Waals surface area contributed by atoms with Crippen molar-refractivity contribution in [1.29, 1.82) is 0 Å². The van der Waals surface area contributed by atoms with Crippen LogP contribution in [0, 0.1) is 0 Å². The van der Waals surface area contributed by atoms with Crippen LogP contribution in [0.1, 0.15) is 39.2 Å². The average molecular weight is 390 g/mol. The first-order valence-corrected chi connectivity index (χ1v) is 9.52. The maximum atomic E-state index is 13.1. The standard InChI is InChI=1S/C21H30N2O5/c1-21(2,3)28-20(26)23-13-9-12-16(23)18(24)22(4)17(19(25)27-5)14-15-10-7-6-8-11-15/h6-8,10-11,16-17H,9,12-14H2,1-5H3/t16-,17-/m0/s1. The number of methoxy groups -OCH3 is 1. The average Bonchev–Trinajstić information content (AvgIpc) is 3.14. The van der Waals surface area contributed by atoms with Crippen LogP contribution in [-0.4, -0.2) is 66.2 Å². The lowest BCUT2D eigenvalue weighted by molar-refractivity contribution is -0.153. The SMILES string of the molecule is COC(=O)[C@H](Cc1ccccc1)N(C)C(=O)[C@@H]1CCCN1C(=O)OC(C)(C)C. The number of carbonyl (C=O) groups excluding carboxylic acids is 3. The Morgan fingerprint density at radius 3 is 2.43 bits per heavy atom. The van der Waals surface area contributed by atoms with Gasteiger partial charge >= 0.3 is 12.1 Å². The smallest absolute Gasteiger partial charge is 0.410 e. The Balaban J connectivity index is 2.16. The van der Waals surface area contributed by atoms with E-state index in [0.29, 0.717) is 25.8 Å². The Kier molecular flexibility index (Phi) is 7.05. The Morgan fingerprint density at radius 1 is 1.21 bits per heavy atom. The number of hydrogen-bond acceptors (Lipinski definition) is 5. The summed E-state index contributed by atoms with van der Waals surface area (Å²) in [4.78, 5) is 40.9.